The van der Waals surface area contributed by atoms with Crippen LogP contribution in [-0.4, -0.2) is 18.5 Å². The lowest BCUT2D eigenvalue weighted by Crippen LogP contribution is -2.27. The first-order chi connectivity index (χ1) is 8.08. The van der Waals surface area contributed by atoms with Gasteiger partial charge in [-0.05, 0) is 37.5 Å². The molecule has 94 valence electrons. The molecular weight excluding hydrogens is 219 g/mol. The molecule has 0 aliphatic heterocycles. The van der Waals surface area contributed by atoms with Gasteiger partial charge in [0, 0.05) is 19.0 Å². The molecule has 0 heterocycles. The summed E-state index contributed by atoms with van der Waals surface area (Å²) in [4.78, 5) is 11.4. The molecular formula is C13H19FN2O. The first-order valence-corrected chi connectivity index (χ1v) is 5.84. The lowest BCUT2D eigenvalue weighted by molar-refractivity contribution is -0.121. The summed E-state index contributed by atoms with van der Waals surface area (Å²) in [6.07, 6.45) is 1.87. The number of hydrogen-bond donors (Lipinski definition) is 2. The smallest absolute Gasteiger partial charge is 0.220 e. The quantitative estimate of drug-likeness (QED) is 0.791. The predicted octanol–water partition coefficient (Wildman–Crippen LogP) is 1.61. The van der Waals surface area contributed by atoms with Gasteiger partial charge in [0.15, 0.2) is 0 Å². The van der Waals surface area contributed by atoms with Gasteiger partial charge in [0.05, 0.1) is 0 Å². The van der Waals surface area contributed by atoms with Crippen LogP contribution in [-0.2, 0) is 11.2 Å². The number of carbonyl (C=O) groups is 1. The zero-order chi connectivity index (χ0) is 12.7. The van der Waals surface area contributed by atoms with Crippen LogP contribution in [0.3, 0.4) is 0 Å². The van der Waals surface area contributed by atoms with Gasteiger partial charge >= 0.3 is 0 Å². The first-order valence-electron chi connectivity index (χ1n) is 5.84. The van der Waals surface area contributed by atoms with Gasteiger partial charge in [-0.2, -0.15) is 0 Å². The summed E-state index contributed by atoms with van der Waals surface area (Å²) in [6.45, 7) is 2.45. The number of nitrogens with two attached hydrogens (primary N) is 1. The van der Waals surface area contributed by atoms with E-state index in [2.05, 4.69) is 5.32 Å². The molecule has 1 amide bonds. The lowest BCUT2D eigenvalue weighted by atomic mass is 10.1. The van der Waals surface area contributed by atoms with Gasteiger partial charge < -0.3 is 11.1 Å². The van der Waals surface area contributed by atoms with Gasteiger partial charge in [-0.1, -0.05) is 12.1 Å². The van der Waals surface area contributed by atoms with E-state index in [0.29, 0.717) is 25.8 Å². The monoisotopic (exact) mass is 238 g/mol. The molecule has 1 unspecified atom stereocenters. The molecule has 1 atom stereocenters. The van der Waals surface area contributed by atoms with Gasteiger partial charge in [-0.3, -0.25) is 4.79 Å². The van der Waals surface area contributed by atoms with Crippen LogP contribution < -0.4 is 11.1 Å². The number of rotatable bonds is 6. The highest BCUT2D eigenvalue weighted by Gasteiger charge is 2.02. The van der Waals surface area contributed by atoms with Crippen LogP contribution in [0.15, 0.2) is 24.3 Å². The minimum absolute atomic E-state index is 0.0180. The molecule has 0 spiro atoms. The van der Waals surface area contributed by atoms with E-state index in [1.807, 2.05) is 6.92 Å². The summed E-state index contributed by atoms with van der Waals surface area (Å²) < 4.78 is 12.6. The maximum Gasteiger partial charge on any atom is 0.220 e. The molecule has 0 aliphatic carbocycles. The Morgan fingerprint density at radius 3 is 2.65 bits per heavy atom. The summed E-state index contributed by atoms with van der Waals surface area (Å²) in [5, 5.41) is 2.81. The standard InChI is InChI=1S/C13H19FN2O/c1-10(15)2-7-13(17)16-9-8-11-3-5-12(14)6-4-11/h3-6,10H,2,7-9,15H2,1H3,(H,16,17). The van der Waals surface area contributed by atoms with Crippen LogP contribution in [0.1, 0.15) is 25.3 Å². The molecule has 3 nitrogen and oxygen atoms in total. The van der Waals surface area contributed by atoms with E-state index in [0.717, 1.165) is 5.56 Å². The second-order valence-corrected chi connectivity index (χ2v) is 4.24. The van der Waals surface area contributed by atoms with Gasteiger partial charge in [-0.25, -0.2) is 4.39 Å². The van der Waals surface area contributed by atoms with Crippen molar-refractivity contribution in [2.24, 2.45) is 5.73 Å². The van der Waals surface area contributed by atoms with E-state index in [-0.39, 0.29) is 17.8 Å². The van der Waals surface area contributed by atoms with Crippen LogP contribution in [0, 0.1) is 5.82 Å². The average Bonchev–Trinajstić information content (AvgIpc) is 2.29. The average molecular weight is 238 g/mol. The van der Waals surface area contributed by atoms with E-state index < -0.39 is 0 Å². The number of amides is 1. The molecule has 0 aromatic heterocycles. The minimum atomic E-state index is -0.241. The summed E-state index contributed by atoms with van der Waals surface area (Å²) in [6, 6.07) is 6.35. The zero-order valence-electron chi connectivity index (χ0n) is 10.1. The van der Waals surface area contributed by atoms with Crippen molar-refractivity contribution in [1.29, 1.82) is 0 Å². The Morgan fingerprint density at radius 1 is 1.41 bits per heavy atom. The highest BCUT2D eigenvalue weighted by molar-refractivity contribution is 5.75. The van der Waals surface area contributed by atoms with Gasteiger partial charge in [0.1, 0.15) is 5.82 Å². The molecule has 0 saturated heterocycles. The molecule has 0 bridgehead atoms. The van der Waals surface area contributed by atoms with Gasteiger partial charge in [0.25, 0.3) is 0 Å². The topological polar surface area (TPSA) is 55.1 Å². The number of benzene rings is 1. The number of carbonyl (C=O) groups excluding carboxylic acids is 1. The molecule has 1 aromatic carbocycles. The number of halogens is 1. The van der Waals surface area contributed by atoms with Crippen molar-refractivity contribution < 1.29 is 9.18 Å². The van der Waals surface area contributed by atoms with Crippen molar-refractivity contribution >= 4 is 5.91 Å². The molecule has 17 heavy (non-hydrogen) atoms. The molecule has 0 aliphatic rings. The Morgan fingerprint density at radius 2 is 2.06 bits per heavy atom. The van der Waals surface area contributed by atoms with Crippen molar-refractivity contribution in [1.82, 2.24) is 5.32 Å². The van der Waals surface area contributed by atoms with E-state index in [1.165, 1.54) is 12.1 Å². The van der Waals surface area contributed by atoms with Crippen LogP contribution in [0.5, 0.6) is 0 Å². The second-order valence-electron chi connectivity index (χ2n) is 4.24. The third kappa shape index (κ3) is 6.02. The summed E-state index contributed by atoms with van der Waals surface area (Å²) in [7, 11) is 0. The fourth-order valence-corrected chi connectivity index (χ4v) is 1.44. The fraction of sp³-hybridized carbons (Fsp3) is 0.462. The van der Waals surface area contributed by atoms with E-state index in [9.17, 15) is 9.18 Å². The largest absolute Gasteiger partial charge is 0.356 e. The Kier molecular flexibility index (Phi) is 5.63. The highest BCUT2D eigenvalue weighted by atomic mass is 19.1. The summed E-state index contributed by atoms with van der Waals surface area (Å²) >= 11 is 0. The van der Waals surface area contributed by atoms with Crippen molar-refractivity contribution in [3.8, 4) is 0 Å². The number of hydrogen-bond acceptors (Lipinski definition) is 2. The Bertz CT molecular complexity index is 349. The lowest BCUT2D eigenvalue weighted by Gasteiger charge is -2.07. The minimum Gasteiger partial charge on any atom is -0.356 e. The van der Waals surface area contributed by atoms with Crippen molar-refractivity contribution in [3.05, 3.63) is 35.6 Å². The molecule has 3 N–H and O–H groups in total. The SMILES string of the molecule is CC(N)CCC(=O)NCCc1ccc(F)cc1. The molecule has 4 heteroatoms. The first kappa shape index (κ1) is 13.6. The Balaban J connectivity index is 2.19. The molecule has 0 saturated carbocycles. The third-order valence-corrected chi connectivity index (χ3v) is 2.48. The van der Waals surface area contributed by atoms with Crippen molar-refractivity contribution in [3.63, 3.8) is 0 Å². The normalized spacial score (nSPS) is 12.2. The van der Waals surface area contributed by atoms with Crippen molar-refractivity contribution in [2.75, 3.05) is 6.54 Å². The van der Waals surface area contributed by atoms with Gasteiger partial charge in [0.2, 0.25) is 5.91 Å². The van der Waals surface area contributed by atoms with Crippen LogP contribution in [0.4, 0.5) is 4.39 Å². The van der Waals surface area contributed by atoms with E-state index >= 15 is 0 Å². The van der Waals surface area contributed by atoms with E-state index in [4.69, 9.17) is 5.73 Å². The Labute approximate surface area is 101 Å². The molecule has 0 radical (unpaired) electrons. The Hall–Kier alpha value is -1.42. The predicted molar refractivity (Wildman–Crippen MR) is 66.0 cm³/mol. The van der Waals surface area contributed by atoms with Crippen LogP contribution in [0.2, 0.25) is 0 Å². The van der Waals surface area contributed by atoms with Crippen LogP contribution in [0.25, 0.3) is 0 Å². The second kappa shape index (κ2) is 7.01. The zero-order valence-corrected chi connectivity index (χ0v) is 10.1. The maximum absolute atomic E-state index is 12.6. The molecule has 0 fully saturated rings. The fourth-order valence-electron chi connectivity index (χ4n) is 1.44. The van der Waals surface area contributed by atoms with Crippen LogP contribution >= 0.6 is 0 Å². The molecule has 1 rings (SSSR count). The van der Waals surface area contributed by atoms with E-state index in [1.54, 1.807) is 12.1 Å². The summed E-state index contributed by atoms with van der Waals surface area (Å²) in [5.74, 6) is -0.223. The maximum atomic E-state index is 12.6. The highest BCUT2D eigenvalue weighted by Crippen LogP contribution is 2.02. The summed E-state index contributed by atoms with van der Waals surface area (Å²) in [5.41, 5.74) is 6.57. The number of nitrogens with one attached hydrogen (secondary N) is 1. The molecule has 1 aromatic rings. The van der Waals surface area contributed by atoms with Crippen molar-refractivity contribution in [2.45, 2.75) is 32.2 Å². The van der Waals surface area contributed by atoms with Gasteiger partial charge in [-0.15, -0.1) is 0 Å². The third-order valence-electron chi connectivity index (χ3n) is 2.48.